The molecule has 0 unspecified atom stereocenters. The van der Waals surface area contributed by atoms with Gasteiger partial charge in [0.2, 0.25) is 5.91 Å². The minimum atomic E-state index is -1.31. The second kappa shape index (κ2) is 9.38. The zero-order valence-corrected chi connectivity index (χ0v) is 17.1. The lowest BCUT2D eigenvalue weighted by atomic mass is 10.1. The van der Waals surface area contributed by atoms with Crippen LogP contribution in [-0.2, 0) is 9.59 Å². The molecule has 9 heteroatoms. The van der Waals surface area contributed by atoms with E-state index in [9.17, 15) is 24.6 Å². The molecule has 1 heterocycles. The van der Waals surface area contributed by atoms with E-state index in [1.54, 1.807) is 12.2 Å². The number of aromatic hydroxyl groups is 1. The summed E-state index contributed by atoms with van der Waals surface area (Å²) in [6, 6.07) is 13.1. The summed E-state index contributed by atoms with van der Waals surface area (Å²) in [5, 5.41) is 21.1. The largest absolute Gasteiger partial charge is 0.508 e. The third kappa shape index (κ3) is 5.13. The first-order chi connectivity index (χ1) is 14.3. The molecular formula is C21H16N2O5S2. The molecule has 1 saturated heterocycles. The van der Waals surface area contributed by atoms with Gasteiger partial charge >= 0.3 is 5.97 Å². The van der Waals surface area contributed by atoms with Crippen molar-refractivity contribution in [3.63, 3.8) is 0 Å². The Morgan fingerprint density at radius 3 is 2.60 bits per heavy atom. The zero-order valence-electron chi connectivity index (χ0n) is 15.4. The van der Waals surface area contributed by atoms with Crippen molar-refractivity contribution in [2.24, 2.45) is 0 Å². The van der Waals surface area contributed by atoms with Crippen molar-refractivity contribution in [2.75, 3.05) is 11.9 Å². The van der Waals surface area contributed by atoms with Crippen molar-refractivity contribution in [3.8, 4) is 5.75 Å². The molecule has 0 aliphatic carbocycles. The Balaban J connectivity index is 1.67. The molecule has 0 spiro atoms. The van der Waals surface area contributed by atoms with E-state index in [0.29, 0.717) is 4.91 Å². The number of anilines is 1. The van der Waals surface area contributed by atoms with Crippen molar-refractivity contribution in [2.45, 2.75) is 0 Å². The van der Waals surface area contributed by atoms with Gasteiger partial charge in [0, 0.05) is 0 Å². The van der Waals surface area contributed by atoms with Crippen LogP contribution >= 0.6 is 24.0 Å². The van der Waals surface area contributed by atoms with Gasteiger partial charge in [-0.3, -0.25) is 14.5 Å². The fourth-order valence-corrected chi connectivity index (χ4v) is 3.82. The highest BCUT2D eigenvalue weighted by atomic mass is 32.2. The topological polar surface area (TPSA) is 107 Å². The average molecular weight is 441 g/mol. The molecule has 2 amide bonds. The van der Waals surface area contributed by atoms with Crippen LogP contribution in [0.5, 0.6) is 5.75 Å². The number of allylic oxidation sites excluding steroid dienone is 2. The number of phenolic OH excluding ortho intramolecular Hbond substituents is 1. The van der Waals surface area contributed by atoms with Crippen LogP contribution in [0.3, 0.4) is 0 Å². The van der Waals surface area contributed by atoms with Crippen LogP contribution < -0.4 is 5.32 Å². The molecule has 0 saturated carbocycles. The summed E-state index contributed by atoms with van der Waals surface area (Å²) in [5.74, 6) is -2.56. The van der Waals surface area contributed by atoms with E-state index in [2.05, 4.69) is 5.32 Å². The summed E-state index contributed by atoms with van der Waals surface area (Å²) in [6.07, 6.45) is 5.21. The number of benzene rings is 2. The highest BCUT2D eigenvalue weighted by Gasteiger charge is 2.33. The van der Waals surface area contributed by atoms with Crippen molar-refractivity contribution < 1.29 is 24.6 Å². The number of amides is 2. The smallest absolute Gasteiger partial charge is 0.337 e. The number of thiocarbonyl (C=S) groups is 1. The van der Waals surface area contributed by atoms with Gasteiger partial charge in [-0.15, -0.1) is 0 Å². The number of carbonyl (C=O) groups excluding carboxylic acids is 2. The summed E-state index contributed by atoms with van der Waals surface area (Å²) in [4.78, 5) is 37.8. The summed E-state index contributed by atoms with van der Waals surface area (Å²) in [5.41, 5.74) is 0.725. The molecule has 3 rings (SSSR count). The van der Waals surface area contributed by atoms with E-state index in [-0.39, 0.29) is 27.9 Å². The number of rotatable bonds is 6. The molecule has 0 aromatic heterocycles. The maximum absolute atomic E-state index is 12.6. The summed E-state index contributed by atoms with van der Waals surface area (Å²) in [7, 11) is 0. The molecule has 1 fully saturated rings. The van der Waals surface area contributed by atoms with Gasteiger partial charge in [0.05, 0.1) is 16.2 Å². The van der Waals surface area contributed by atoms with E-state index >= 15 is 0 Å². The van der Waals surface area contributed by atoms with E-state index < -0.39 is 17.8 Å². The molecule has 0 atom stereocenters. The number of thioether (sulfide) groups is 1. The predicted molar refractivity (Wildman–Crippen MR) is 119 cm³/mol. The average Bonchev–Trinajstić information content (AvgIpc) is 2.97. The van der Waals surface area contributed by atoms with E-state index in [0.717, 1.165) is 28.3 Å². The molecule has 1 aliphatic heterocycles. The van der Waals surface area contributed by atoms with Gasteiger partial charge in [0.15, 0.2) is 0 Å². The van der Waals surface area contributed by atoms with Crippen LogP contribution in [0.4, 0.5) is 5.69 Å². The van der Waals surface area contributed by atoms with Crippen molar-refractivity contribution in [1.82, 2.24) is 4.90 Å². The summed E-state index contributed by atoms with van der Waals surface area (Å²) >= 11 is 6.29. The molecule has 3 N–H and O–H groups in total. The second-order valence-corrected chi connectivity index (χ2v) is 7.82. The Morgan fingerprint density at radius 2 is 1.90 bits per heavy atom. The number of hydrogen-bond donors (Lipinski definition) is 3. The maximum atomic E-state index is 12.6. The number of hydrogen-bond acceptors (Lipinski definition) is 6. The number of nitrogens with one attached hydrogen (secondary N) is 1. The highest BCUT2D eigenvalue weighted by molar-refractivity contribution is 8.26. The summed E-state index contributed by atoms with van der Waals surface area (Å²) < 4.78 is 0.235. The standard InChI is InChI=1S/C21H16N2O5S2/c24-14-9-10-16(15(11-14)20(27)28)22-18(25)12-23-19(26)17(30-21(23)29)8-4-7-13-5-2-1-3-6-13/h1-11,24H,12H2,(H,22,25)(H,27,28)/b7-4+,17-8+. The number of aromatic carboxylic acids is 1. The fourth-order valence-electron chi connectivity index (χ4n) is 2.61. The Morgan fingerprint density at radius 1 is 1.17 bits per heavy atom. The number of nitrogens with zero attached hydrogens (tertiary/aromatic N) is 1. The quantitative estimate of drug-likeness (QED) is 0.359. The Hall–Kier alpha value is -3.43. The lowest BCUT2D eigenvalue weighted by Gasteiger charge is -2.15. The number of phenols is 1. The Labute approximate surface area is 181 Å². The van der Waals surface area contributed by atoms with Crippen molar-refractivity contribution in [3.05, 3.63) is 76.7 Å². The second-order valence-electron chi connectivity index (χ2n) is 6.14. The number of carbonyl (C=O) groups is 3. The lowest BCUT2D eigenvalue weighted by Crippen LogP contribution is -2.36. The fraction of sp³-hybridized carbons (Fsp3) is 0.0476. The van der Waals surface area contributed by atoms with E-state index in [1.165, 1.54) is 12.1 Å². The molecule has 0 bridgehead atoms. The molecule has 1 aliphatic rings. The van der Waals surface area contributed by atoms with Crippen LogP contribution in [0.25, 0.3) is 6.08 Å². The SMILES string of the molecule is O=C(CN1C(=O)/C(=C\C=C\c2ccccc2)SC1=S)Nc1ccc(O)cc1C(=O)O. The van der Waals surface area contributed by atoms with Gasteiger partial charge in [0.1, 0.15) is 16.6 Å². The van der Waals surface area contributed by atoms with Crippen LogP contribution in [0.1, 0.15) is 15.9 Å². The minimum Gasteiger partial charge on any atom is -0.508 e. The Kier molecular flexibility index (Phi) is 6.65. The first-order valence-corrected chi connectivity index (χ1v) is 9.91. The molecule has 30 heavy (non-hydrogen) atoms. The van der Waals surface area contributed by atoms with Gasteiger partial charge in [-0.2, -0.15) is 0 Å². The van der Waals surface area contributed by atoms with Gasteiger partial charge in [-0.05, 0) is 29.8 Å². The van der Waals surface area contributed by atoms with E-state index in [4.69, 9.17) is 12.2 Å². The van der Waals surface area contributed by atoms with Crippen LogP contribution in [0.2, 0.25) is 0 Å². The Bertz CT molecular complexity index is 1080. The molecule has 2 aromatic carbocycles. The van der Waals surface area contributed by atoms with Crippen molar-refractivity contribution >= 4 is 57.8 Å². The number of carboxylic acid groups (broad SMARTS) is 1. The summed E-state index contributed by atoms with van der Waals surface area (Å²) in [6.45, 7) is -0.357. The normalized spacial score (nSPS) is 15.2. The predicted octanol–water partition coefficient (Wildman–Crippen LogP) is 3.49. The third-order valence-electron chi connectivity index (χ3n) is 4.02. The van der Waals surface area contributed by atoms with Crippen LogP contribution in [-0.4, -0.2) is 43.8 Å². The van der Waals surface area contributed by atoms with Crippen LogP contribution in [0.15, 0.2) is 65.6 Å². The first kappa shape index (κ1) is 21.3. The lowest BCUT2D eigenvalue weighted by molar-refractivity contribution is -0.126. The molecule has 2 aromatic rings. The molecule has 152 valence electrons. The molecule has 0 radical (unpaired) electrons. The van der Waals surface area contributed by atoms with Gasteiger partial charge in [0.25, 0.3) is 5.91 Å². The van der Waals surface area contributed by atoms with Gasteiger partial charge in [-0.25, -0.2) is 4.79 Å². The van der Waals surface area contributed by atoms with Crippen molar-refractivity contribution in [1.29, 1.82) is 0 Å². The first-order valence-electron chi connectivity index (χ1n) is 8.68. The molecule has 7 nitrogen and oxygen atoms in total. The minimum absolute atomic E-state index is 0.0112. The highest BCUT2D eigenvalue weighted by Crippen LogP contribution is 2.31. The third-order valence-corrected chi connectivity index (χ3v) is 5.41. The van der Waals surface area contributed by atoms with Gasteiger partial charge in [-0.1, -0.05) is 66.5 Å². The molecular weight excluding hydrogens is 424 g/mol. The number of carboxylic acids is 1. The van der Waals surface area contributed by atoms with Crippen LogP contribution in [0, 0.1) is 0 Å². The zero-order chi connectivity index (χ0) is 21.7. The maximum Gasteiger partial charge on any atom is 0.337 e. The van der Waals surface area contributed by atoms with Gasteiger partial charge < -0.3 is 15.5 Å². The monoisotopic (exact) mass is 440 g/mol. The van der Waals surface area contributed by atoms with E-state index in [1.807, 2.05) is 36.4 Å².